The van der Waals surface area contributed by atoms with Gasteiger partial charge in [-0.2, -0.15) is 0 Å². The van der Waals surface area contributed by atoms with Crippen LogP contribution in [0.4, 0.5) is 0 Å². The molecule has 2 aromatic carbocycles. The highest BCUT2D eigenvalue weighted by Crippen LogP contribution is 2.37. The Morgan fingerprint density at radius 3 is 2.53 bits per heavy atom. The molecular weight excluding hydrogens is 380 g/mol. The molecule has 1 atom stereocenters. The molecule has 0 saturated heterocycles. The Kier molecular flexibility index (Phi) is 5.93. The molecule has 0 aromatic heterocycles. The minimum atomic E-state index is -0.383. The third-order valence-corrected chi connectivity index (χ3v) is 6.12. The van der Waals surface area contributed by atoms with E-state index in [4.69, 9.17) is 9.47 Å². The summed E-state index contributed by atoms with van der Waals surface area (Å²) in [5.74, 6) is 1.14. The van der Waals surface area contributed by atoms with E-state index in [2.05, 4.69) is 5.32 Å². The molecule has 2 aromatic rings. The highest BCUT2D eigenvalue weighted by atomic mass is 16.5. The molecule has 4 rings (SSSR count). The molecule has 1 aliphatic heterocycles. The molecule has 6 heteroatoms. The van der Waals surface area contributed by atoms with Gasteiger partial charge in [-0.25, -0.2) is 0 Å². The number of nitrogens with zero attached hydrogens (tertiary/aromatic N) is 1. The van der Waals surface area contributed by atoms with Crippen molar-refractivity contribution in [3.63, 3.8) is 0 Å². The Hall–Kier alpha value is -3.02. The Bertz CT molecular complexity index is 937. The maximum atomic E-state index is 13.2. The lowest BCUT2D eigenvalue weighted by atomic mass is 10.0. The predicted octanol–water partition coefficient (Wildman–Crippen LogP) is 3.85. The van der Waals surface area contributed by atoms with Crippen molar-refractivity contribution in [1.29, 1.82) is 0 Å². The van der Waals surface area contributed by atoms with Crippen LogP contribution in [-0.2, 0) is 11.3 Å². The van der Waals surface area contributed by atoms with Gasteiger partial charge in [0, 0.05) is 18.2 Å². The van der Waals surface area contributed by atoms with Crippen LogP contribution < -0.4 is 14.8 Å². The second kappa shape index (κ2) is 8.78. The third-order valence-electron chi connectivity index (χ3n) is 6.12. The lowest BCUT2D eigenvalue weighted by Gasteiger charge is -2.29. The fourth-order valence-corrected chi connectivity index (χ4v) is 4.53. The second-order valence-corrected chi connectivity index (χ2v) is 7.97. The lowest BCUT2D eigenvalue weighted by Crippen LogP contribution is -2.37. The molecule has 0 bridgehead atoms. The Labute approximate surface area is 177 Å². The number of amides is 2. The lowest BCUT2D eigenvalue weighted by molar-refractivity contribution is -0.122. The number of hydrogen-bond acceptors (Lipinski definition) is 4. The Morgan fingerprint density at radius 1 is 1.10 bits per heavy atom. The van der Waals surface area contributed by atoms with E-state index in [1.54, 1.807) is 19.1 Å². The summed E-state index contributed by atoms with van der Waals surface area (Å²) in [6, 6.07) is 13.1. The molecule has 1 aliphatic carbocycles. The van der Waals surface area contributed by atoms with E-state index in [1.807, 2.05) is 42.5 Å². The number of nitrogens with one attached hydrogen (secondary N) is 1. The molecule has 1 N–H and O–H groups in total. The number of rotatable bonds is 7. The van der Waals surface area contributed by atoms with Gasteiger partial charge in [-0.15, -0.1) is 0 Å². The summed E-state index contributed by atoms with van der Waals surface area (Å²) >= 11 is 0. The molecule has 2 aliphatic rings. The fourth-order valence-electron chi connectivity index (χ4n) is 4.53. The van der Waals surface area contributed by atoms with Gasteiger partial charge in [0.25, 0.3) is 5.91 Å². The zero-order chi connectivity index (χ0) is 21.1. The molecule has 2 amide bonds. The van der Waals surface area contributed by atoms with Gasteiger partial charge in [-0.1, -0.05) is 37.1 Å². The van der Waals surface area contributed by atoms with Crippen molar-refractivity contribution in [3.05, 3.63) is 59.2 Å². The second-order valence-electron chi connectivity index (χ2n) is 7.97. The van der Waals surface area contributed by atoms with Crippen molar-refractivity contribution in [1.82, 2.24) is 10.2 Å². The minimum Gasteiger partial charge on any atom is -0.493 e. The summed E-state index contributed by atoms with van der Waals surface area (Å²) in [5, 5.41) is 3.16. The first-order valence-electron chi connectivity index (χ1n) is 10.5. The maximum Gasteiger partial charge on any atom is 0.255 e. The number of hydrogen-bond donors (Lipinski definition) is 1. The maximum absolute atomic E-state index is 13.2. The zero-order valence-electron chi connectivity index (χ0n) is 17.5. The molecule has 1 saturated carbocycles. The number of carbonyl (C=O) groups excluding carboxylic acids is 2. The molecular formula is C24H28N2O4. The van der Waals surface area contributed by atoms with E-state index in [1.165, 1.54) is 0 Å². The SMILES string of the molecule is COc1ccc(C(CC(=O)NC2CCCC2)N2Cc3ccccc3C2=O)cc1OC. The number of methoxy groups -OCH3 is 2. The first-order valence-corrected chi connectivity index (χ1v) is 10.5. The minimum absolute atomic E-state index is 0.0227. The molecule has 30 heavy (non-hydrogen) atoms. The van der Waals surface area contributed by atoms with Crippen LogP contribution in [0, 0.1) is 0 Å². The molecule has 1 fully saturated rings. The average Bonchev–Trinajstić information content (AvgIpc) is 3.39. The van der Waals surface area contributed by atoms with E-state index in [9.17, 15) is 9.59 Å². The van der Waals surface area contributed by atoms with Crippen LogP contribution in [-0.4, -0.2) is 37.0 Å². The summed E-state index contributed by atoms with van der Waals surface area (Å²) in [7, 11) is 3.17. The van der Waals surface area contributed by atoms with Crippen molar-refractivity contribution in [2.24, 2.45) is 0 Å². The van der Waals surface area contributed by atoms with E-state index < -0.39 is 0 Å². The van der Waals surface area contributed by atoms with Crippen LogP contribution >= 0.6 is 0 Å². The van der Waals surface area contributed by atoms with Crippen LogP contribution in [0.5, 0.6) is 11.5 Å². The van der Waals surface area contributed by atoms with Crippen molar-refractivity contribution in [3.8, 4) is 11.5 Å². The van der Waals surface area contributed by atoms with Gasteiger partial charge in [0.1, 0.15) is 0 Å². The first-order chi connectivity index (χ1) is 14.6. The summed E-state index contributed by atoms with van der Waals surface area (Å²) in [6.07, 6.45) is 4.58. The molecule has 158 valence electrons. The molecule has 0 radical (unpaired) electrons. The van der Waals surface area contributed by atoms with Gasteiger partial charge in [0.2, 0.25) is 5.91 Å². The smallest absolute Gasteiger partial charge is 0.255 e. The molecule has 6 nitrogen and oxygen atoms in total. The van der Waals surface area contributed by atoms with Crippen molar-refractivity contribution >= 4 is 11.8 Å². The predicted molar refractivity (Wildman–Crippen MR) is 114 cm³/mol. The standard InChI is InChI=1S/C24H28N2O4/c1-29-21-12-11-16(13-22(21)30-2)20(14-23(27)25-18-8-4-5-9-18)26-15-17-7-3-6-10-19(17)24(26)28/h3,6-7,10-13,18,20H,4-5,8-9,14-15H2,1-2H3,(H,25,27). The van der Waals surface area contributed by atoms with E-state index in [0.717, 1.165) is 36.8 Å². The Morgan fingerprint density at radius 2 is 1.83 bits per heavy atom. The van der Waals surface area contributed by atoms with Crippen LogP contribution in [0.25, 0.3) is 0 Å². The van der Waals surface area contributed by atoms with Gasteiger partial charge < -0.3 is 19.7 Å². The summed E-state index contributed by atoms with van der Waals surface area (Å²) < 4.78 is 10.8. The van der Waals surface area contributed by atoms with Crippen molar-refractivity contribution < 1.29 is 19.1 Å². The van der Waals surface area contributed by atoms with Crippen molar-refractivity contribution in [2.75, 3.05) is 14.2 Å². The summed E-state index contributed by atoms with van der Waals surface area (Å²) in [5.41, 5.74) is 2.55. The monoisotopic (exact) mass is 408 g/mol. The number of carbonyl (C=O) groups is 2. The number of benzene rings is 2. The van der Waals surface area contributed by atoms with Crippen molar-refractivity contribution in [2.45, 2.75) is 50.7 Å². The molecule has 0 spiro atoms. The van der Waals surface area contributed by atoms with Crippen LogP contribution in [0.1, 0.15) is 59.6 Å². The van der Waals surface area contributed by atoms with Crippen LogP contribution in [0.2, 0.25) is 0 Å². The fraction of sp³-hybridized carbons (Fsp3) is 0.417. The largest absolute Gasteiger partial charge is 0.493 e. The van der Waals surface area contributed by atoms with Gasteiger partial charge >= 0.3 is 0 Å². The van der Waals surface area contributed by atoms with E-state index in [-0.39, 0.29) is 30.3 Å². The van der Waals surface area contributed by atoms with E-state index >= 15 is 0 Å². The molecule has 1 unspecified atom stereocenters. The van der Waals surface area contributed by atoms with Gasteiger partial charge in [-0.05, 0) is 42.2 Å². The third kappa shape index (κ3) is 3.99. The highest BCUT2D eigenvalue weighted by molar-refractivity contribution is 5.98. The Balaban J connectivity index is 1.63. The first kappa shape index (κ1) is 20.3. The number of ether oxygens (including phenoxy) is 2. The van der Waals surface area contributed by atoms with Gasteiger partial charge in [0.15, 0.2) is 11.5 Å². The average molecular weight is 408 g/mol. The number of fused-ring (bicyclic) bond motifs is 1. The topological polar surface area (TPSA) is 67.9 Å². The quantitative estimate of drug-likeness (QED) is 0.756. The van der Waals surface area contributed by atoms with E-state index in [0.29, 0.717) is 23.6 Å². The van der Waals surface area contributed by atoms with Crippen LogP contribution in [0.3, 0.4) is 0 Å². The normalized spacial score (nSPS) is 17.0. The van der Waals surface area contributed by atoms with Gasteiger partial charge in [-0.3, -0.25) is 9.59 Å². The highest BCUT2D eigenvalue weighted by Gasteiger charge is 2.35. The molecule has 1 heterocycles. The summed E-state index contributed by atoms with van der Waals surface area (Å²) in [6.45, 7) is 0.491. The van der Waals surface area contributed by atoms with Crippen LogP contribution in [0.15, 0.2) is 42.5 Å². The van der Waals surface area contributed by atoms with Gasteiger partial charge in [0.05, 0.1) is 26.7 Å². The summed E-state index contributed by atoms with van der Waals surface area (Å²) in [4.78, 5) is 27.8. The zero-order valence-corrected chi connectivity index (χ0v) is 17.5.